The van der Waals surface area contributed by atoms with Crippen LogP contribution in [0.15, 0.2) is 24.7 Å². The van der Waals surface area contributed by atoms with Crippen molar-refractivity contribution in [1.29, 1.82) is 0 Å². The molecule has 0 aliphatic carbocycles. The maximum atomic E-state index is 13.9. The van der Waals surface area contributed by atoms with E-state index in [2.05, 4.69) is 48.8 Å². The molecule has 1 aromatic heterocycles. The van der Waals surface area contributed by atoms with E-state index in [4.69, 9.17) is 0 Å². The first-order valence-corrected chi connectivity index (χ1v) is 20.1. The molecule has 6 amide bonds. The zero-order valence-corrected chi connectivity index (χ0v) is 35.1. The van der Waals surface area contributed by atoms with Gasteiger partial charge in [0, 0.05) is 24.7 Å². The summed E-state index contributed by atoms with van der Waals surface area (Å²) in [6.45, 7) is 15.1. The number of aliphatic carboxylic acids is 1. The molecule has 17 heteroatoms. The van der Waals surface area contributed by atoms with Crippen LogP contribution in [0.1, 0.15) is 113 Å². The fourth-order valence-electron chi connectivity index (χ4n) is 5.84. The molecule has 0 radical (unpaired) electrons. The second-order valence-electron chi connectivity index (χ2n) is 15.9. The van der Waals surface area contributed by atoms with Crippen LogP contribution in [0.5, 0.6) is 0 Å². The lowest BCUT2D eigenvalue weighted by molar-refractivity contribution is -0.143. The van der Waals surface area contributed by atoms with Crippen molar-refractivity contribution in [3.05, 3.63) is 30.4 Å². The van der Waals surface area contributed by atoms with Gasteiger partial charge in [0.05, 0.1) is 12.9 Å². The van der Waals surface area contributed by atoms with Crippen molar-refractivity contribution in [2.24, 2.45) is 23.7 Å². The molecule has 1 aromatic rings. The number of carboxylic acid groups (broad SMARTS) is 1. The van der Waals surface area contributed by atoms with Crippen molar-refractivity contribution in [2.75, 3.05) is 6.61 Å². The van der Waals surface area contributed by atoms with Gasteiger partial charge < -0.3 is 47.1 Å². The summed E-state index contributed by atoms with van der Waals surface area (Å²) in [6.07, 6.45) is 11.8. The Labute approximate surface area is 337 Å². The van der Waals surface area contributed by atoms with Gasteiger partial charge in [-0.2, -0.15) is 0 Å². The predicted octanol–water partition coefficient (Wildman–Crippen LogP) is 1.87. The number of aliphatic hydroxyl groups is 1. The molecule has 1 heterocycles. The van der Waals surface area contributed by atoms with Crippen molar-refractivity contribution >= 4 is 41.4 Å². The number of nitrogens with one attached hydrogen (secondary N) is 7. The van der Waals surface area contributed by atoms with Gasteiger partial charge in [0.25, 0.3) is 0 Å². The molecule has 0 saturated heterocycles. The van der Waals surface area contributed by atoms with Gasteiger partial charge in [-0.3, -0.25) is 28.8 Å². The van der Waals surface area contributed by atoms with Crippen LogP contribution in [0.25, 0.3) is 0 Å². The normalized spacial score (nSPS) is 14.8. The zero-order valence-electron chi connectivity index (χ0n) is 35.1. The lowest BCUT2D eigenvalue weighted by Gasteiger charge is -2.29. The lowest BCUT2D eigenvalue weighted by atomic mass is 9.98. The first-order chi connectivity index (χ1) is 26.8. The van der Waals surface area contributed by atoms with Gasteiger partial charge in [-0.1, -0.05) is 93.7 Å². The third kappa shape index (κ3) is 18.8. The molecular formula is C40H68N8O9. The minimum Gasteiger partial charge on any atom is -0.480 e. The van der Waals surface area contributed by atoms with E-state index in [0.717, 1.165) is 32.1 Å². The average Bonchev–Trinajstić information content (AvgIpc) is 3.65. The SMILES string of the molecule is CCCCCC/C=C\CC(=O)NC(CO)C(=O)NC(C(=O)NC(Cc1cnc[nH]1)C(=O)NC(C(=O)NC(CC(C)C)C(=O)NC(C(=O)O)C(C)C)C(C)C)C(C)C. The van der Waals surface area contributed by atoms with Gasteiger partial charge in [-0.05, 0) is 42.9 Å². The van der Waals surface area contributed by atoms with Crippen molar-refractivity contribution in [1.82, 2.24) is 41.9 Å². The number of carbonyl (C=O) groups is 7. The smallest absolute Gasteiger partial charge is 0.326 e. The minimum absolute atomic E-state index is 0.0142. The molecule has 322 valence electrons. The Morgan fingerprint density at radius 3 is 1.67 bits per heavy atom. The van der Waals surface area contributed by atoms with E-state index in [-0.39, 0.29) is 25.2 Å². The Kier molecular flexibility index (Phi) is 23.1. The molecule has 1 rings (SSSR count). The predicted molar refractivity (Wildman–Crippen MR) is 215 cm³/mol. The first-order valence-electron chi connectivity index (χ1n) is 20.1. The molecule has 6 atom stereocenters. The van der Waals surface area contributed by atoms with Gasteiger partial charge in [0.2, 0.25) is 35.4 Å². The molecule has 17 nitrogen and oxygen atoms in total. The minimum atomic E-state index is -1.33. The number of imidazole rings is 1. The topological polar surface area (TPSA) is 261 Å². The number of hydrogen-bond donors (Lipinski definition) is 9. The Balaban J connectivity index is 3.17. The number of hydrogen-bond acceptors (Lipinski definition) is 9. The zero-order chi connectivity index (χ0) is 43.2. The fourth-order valence-corrected chi connectivity index (χ4v) is 5.84. The summed E-state index contributed by atoms with van der Waals surface area (Å²) < 4.78 is 0. The molecule has 6 unspecified atom stereocenters. The molecule has 0 spiro atoms. The maximum absolute atomic E-state index is 13.9. The van der Waals surface area contributed by atoms with Crippen molar-refractivity contribution in [3.8, 4) is 0 Å². The Bertz CT molecular complexity index is 1460. The molecular weight excluding hydrogens is 736 g/mol. The largest absolute Gasteiger partial charge is 0.480 e. The van der Waals surface area contributed by atoms with Crippen molar-refractivity contribution in [2.45, 2.75) is 150 Å². The van der Waals surface area contributed by atoms with E-state index < -0.39 is 102 Å². The molecule has 9 N–H and O–H groups in total. The van der Waals surface area contributed by atoms with E-state index in [9.17, 15) is 43.8 Å². The fraction of sp³-hybridized carbons (Fsp3) is 0.700. The number of aromatic nitrogens is 2. The van der Waals surface area contributed by atoms with E-state index >= 15 is 0 Å². The summed E-state index contributed by atoms with van der Waals surface area (Å²) in [5, 5.41) is 35.2. The number of unbranched alkanes of at least 4 members (excludes halogenated alkanes) is 4. The standard InChI is InChI=1S/C40H68N8O9/c1-10-11-12-13-14-15-16-17-31(50)43-30(21-49)37(53)47-33(25(6)7)39(55)45-29(19-27-20-41-22-42-27)36(52)46-32(24(4)5)38(54)44-28(18-23(2)3)35(51)48-34(26(8)9)40(56)57/h15-16,20,22-26,28-30,32-34,49H,10-14,17-19,21H2,1-9H3,(H,41,42)(H,43,50)(H,44,54)(H,45,55)(H,46,52)(H,47,53)(H,48,51)(H,56,57)/b16-15-. The highest BCUT2D eigenvalue weighted by Gasteiger charge is 2.35. The summed E-state index contributed by atoms with van der Waals surface area (Å²) >= 11 is 0. The molecule has 0 aliphatic heterocycles. The lowest BCUT2D eigenvalue weighted by Crippen LogP contribution is -2.61. The third-order valence-corrected chi connectivity index (χ3v) is 9.20. The number of allylic oxidation sites excluding steroid dienone is 1. The van der Waals surface area contributed by atoms with Crippen LogP contribution in [0.4, 0.5) is 0 Å². The summed E-state index contributed by atoms with van der Waals surface area (Å²) in [7, 11) is 0. The van der Waals surface area contributed by atoms with Gasteiger partial charge in [0.15, 0.2) is 0 Å². The highest BCUT2D eigenvalue weighted by molar-refractivity contribution is 5.97. The number of aliphatic hydroxyl groups excluding tert-OH is 1. The van der Waals surface area contributed by atoms with Crippen LogP contribution in [0.2, 0.25) is 0 Å². The number of rotatable bonds is 27. The summed E-state index contributed by atoms with van der Waals surface area (Å²) in [4.78, 5) is 99.1. The number of H-pyrrole nitrogens is 1. The van der Waals surface area contributed by atoms with Crippen LogP contribution in [-0.2, 0) is 40.0 Å². The monoisotopic (exact) mass is 805 g/mol. The van der Waals surface area contributed by atoms with Crippen molar-refractivity contribution < 1.29 is 43.8 Å². The number of carboxylic acids is 1. The Morgan fingerprint density at radius 1 is 0.667 bits per heavy atom. The third-order valence-electron chi connectivity index (χ3n) is 9.20. The van der Waals surface area contributed by atoms with Gasteiger partial charge in [0.1, 0.15) is 36.3 Å². The number of carbonyl (C=O) groups excluding carboxylic acids is 6. The van der Waals surface area contributed by atoms with Gasteiger partial charge in [-0.15, -0.1) is 0 Å². The summed E-state index contributed by atoms with van der Waals surface area (Å²) in [5.74, 6) is -6.78. The second-order valence-corrected chi connectivity index (χ2v) is 15.9. The number of nitrogens with zero attached hydrogens (tertiary/aromatic N) is 1. The molecule has 0 saturated carbocycles. The Morgan fingerprint density at radius 2 is 1.19 bits per heavy atom. The highest BCUT2D eigenvalue weighted by atomic mass is 16.4. The van der Waals surface area contributed by atoms with Crippen LogP contribution in [0, 0.1) is 23.7 Å². The van der Waals surface area contributed by atoms with E-state index in [1.165, 1.54) is 12.5 Å². The van der Waals surface area contributed by atoms with Gasteiger partial charge >= 0.3 is 5.97 Å². The second kappa shape index (κ2) is 26.2. The maximum Gasteiger partial charge on any atom is 0.326 e. The Hall–Kier alpha value is -4.80. The molecule has 0 aromatic carbocycles. The quantitative estimate of drug-likeness (QED) is 0.0461. The van der Waals surface area contributed by atoms with Crippen LogP contribution >= 0.6 is 0 Å². The van der Waals surface area contributed by atoms with Crippen molar-refractivity contribution in [3.63, 3.8) is 0 Å². The molecule has 0 aliphatic rings. The first kappa shape index (κ1) is 50.2. The molecule has 0 fully saturated rings. The van der Waals surface area contributed by atoms with Crippen LogP contribution in [0.3, 0.4) is 0 Å². The number of amides is 6. The average molecular weight is 805 g/mol. The van der Waals surface area contributed by atoms with E-state index in [0.29, 0.717) is 5.69 Å². The van der Waals surface area contributed by atoms with E-state index in [1.54, 1.807) is 47.6 Å². The van der Waals surface area contributed by atoms with Crippen LogP contribution < -0.4 is 31.9 Å². The van der Waals surface area contributed by atoms with Gasteiger partial charge in [-0.25, -0.2) is 9.78 Å². The summed E-state index contributed by atoms with van der Waals surface area (Å²) in [6, 6.07) is -7.25. The van der Waals surface area contributed by atoms with Crippen LogP contribution in [-0.4, -0.2) is 104 Å². The molecule has 57 heavy (non-hydrogen) atoms. The number of aromatic amines is 1. The molecule has 0 bridgehead atoms. The van der Waals surface area contributed by atoms with E-state index in [1.807, 2.05) is 19.9 Å². The summed E-state index contributed by atoms with van der Waals surface area (Å²) in [5.41, 5.74) is 0.482. The highest BCUT2D eigenvalue weighted by Crippen LogP contribution is 2.12.